The first-order chi connectivity index (χ1) is 10.1. The molecule has 3 unspecified atom stereocenters. The molecule has 1 saturated heterocycles. The summed E-state index contributed by atoms with van der Waals surface area (Å²) in [5.41, 5.74) is 0. The van der Waals surface area contributed by atoms with Gasteiger partial charge < -0.3 is 15.0 Å². The first kappa shape index (κ1) is 17.7. The summed E-state index contributed by atoms with van der Waals surface area (Å²) in [4.78, 5) is 26.5. The zero-order valence-corrected chi connectivity index (χ0v) is 13.4. The van der Waals surface area contributed by atoms with E-state index in [1.54, 1.807) is 11.0 Å². The maximum absolute atomic E-state index is 12.6. The minimum absolute atomic E-state index is 0.0168. The van der Waals surface area contributed by atoms with E-state index in [-0.39, 0.29) is 23.8 Å². The summed E-state index contributed by atoms with van der Waals surface area (Å²) in [7, 11) is 0. The van der Waals surface area contributed by atoms with Crippen LogP contribution in [-0.2, 0) is 14.3 Å². The molecule has 2 amide bonds. The first-order valence-electron chi connectivity index (χ1n) is 7.86. The lowest BCUT2D eigenvalue weighted by molar-refractivity contribution is -0.151. The topological polar surface area (TPSA) is 58.6 Å². The van der Waals surface area contributed by atoms with E-state index in [1.807, 2.05) is 20.8 Å². The van der Waals surface area contributed by atoms with Gasteiger partial charge in [0.05, 0.1) is 13.2 Å². The van der Waals surface area contributed by atoms with Gasteiger partial charge in [0.25, 0.3) is 0 Å². The van der Waals surface area contributed by atoms with Gasteiger partial charge in [-0.2, -0.15) is 0 Å². The molecule has 0 aliphatic carbocycles. The number of nitrogens with one attached hydrogen (secondary N) is 1. The van der Waals surface area contributed by atoms with Crippen LogP contribution >= 0.6 is 0 Å². The minimum Gasteiger partial charge on any atom is -0.379 e. The number of piperazine rings is 1. The first-order valence-corrected chi connectivity index (χ1v) is 7.86. The largest absolute Gasteiger partial charge is 0.379 e. The molecular formula is C16H28N2O3. The normalized spacial score (nSPS) is 23.9. The summed E-state index contributed by atoms with van der Waals surface area (Å²) in [6.07, 6.45) is 4.07. The van der Waals surface area contributed by atoms with Gasteiger partial charge in [-0.15, -0.1) is 6.58 Å². The van der Waals surface area contributed by atoms with Crippen molar-refractivity contribution in [3.05, 3.63) is 12.7 Å². The summed E-state index contributed by atoms with van der Waals surface area (Å²) in [6, 6.07) is -0.778. The predicted octanol–water partition coefficient (Wildman–Crippen LogP) is 1.73. The molecule has 0 bridgehead atoms. The van der Waals surface area contributed by atoms with E-state index < -0.39 is 6.04 Å². The molecule has 120 valence electrons. The Morgan fingerprint density at radius 3 is 2.67 bits per heavy atom. The lowest BCUT2D eigenvalue weighted by Crippen LogP contribution is -2.65. The molecule has 0 spiro atoms. The van der Waals surface area contributed by atoms with E-state index in [0.717, 1.165) is 12.8 Å². The highest BCUT2D eigenvalue weighted by atomic mass is 16.5. The maximum atomic E-state index is 12.6. The van der Waals surface area contributed by atoms with Gasteiger partial charge in [0, 0.05) is 6.54 Å². The average molecular weight is 296 g/mol. The summed E-state index contributed by atoms with van der Waals surface area (Å²) in [6.45, 7) is 11.1. The molecule has 0 saturated carbocycles. The number of ether oxygens (including phenoxy) is 1. The molecule has 1 fully saturated rings. The van der Waals surface area contributed by atoms with Crippen molar-refractivity contribution in [1.29, 1.82) is 0 Å². The molecule has 0 radical (unpaired) electrons. The number of nitrogens with zero attached hydrogens (tertiary/aromatic N) is 1. The van der Waals surface area contributed by atoms with E-state index in [9.17, 15) is 9.59 Å². The Morgan fingerprint density at radius 2 is 2.10 bits per heavy atom. The molecule has 1 N–H and O–H groups in total. The monoisotopic (exact) mass is 296 g/mol. The van der Waals surface area contributed by atoms with E-state index in [1.165, 1.54) is 0 Å². The van der Waals surface area contributed by atoms with Crippen LogP contribution in [0.1, 0.15) is 40.0 Å². The average Bonchev–Trinajstić information content (AvgIpc) is 2.49. The second-order valence-corrected chi connectivity index (χ2v) is 5.52. The fourth-order valence-electron chi connectivity index (χ4n) is 2.51. The van der Waals surface area contributed by atoms with Crippen LogP contribution in [0.5, 0.6) is 0 Å². The zero-order chi connectivity index (χ0) is 15.8. The quantitative estimate of drug-likeness (QED) is 0.521. The molecule has 1 rings (SSSR count). The summed E-state index contributed by atoms with van der Waals surface area (Å²) in [5.74, 6) is 0.111. The highest BCUT2D eigenvalue weighted by Crippen LogP contribution is 2.19. The van der Waals surface area contributed by atoms with Gasteiger partial charge in [-0.1, -0.05) is 33.3 Å². The second kappa shape index (κ2) is 8.82. The molecule has 5 nitrogen and oxygen atoms in total. The third-order valence-electron chi connectivity index (χ3n) is 4.07. The number of amides is 2. The van der Waals surface area contributed by atoms with Gasteiger partial charge in [-0.3, -0.25) is 9.59 Å². The van der Waals surface area contributed by atoms with E-state index in [4.69, 9.17) is 4.74 Å². The Kier molecular flexibility index (Phi) is 7.43. The fraction of sp³-hybridized carbons (Fsp3) is 0.750. The summed E-state index contributed by atoms with van der Waals surface area (Å²) >= 11 is 0. The van der Waals surface area contributed by atoms with Crippen LogP contribution in [0, 0.1) is 5.92 Å². The highest BCUT2D eigenvalue weighted by Gasteiger charge is 2.40. The summed E-state index contributed by atoms with van der Waals surface area (Å²) < 4.78 is 5.48. The number of carbonyl (C=O) groups excluding carboxylic acids is 2. The second-order valence-electron chi connectivity index (χ2n) is 5.52. The van der Waals surface area contributed by atoms with Crippen LogP contribution in [0.25, 0.3) is 0 Å². The van der Waals surface area contributed by atoms with Crippen LogP contribution in [0.15, 0.2) is 12.7 Å². The molecule has 1 aliphatic rings. The smallest absolute Gasteiger partial charge is 0.246 e. The maximum Gasteiger partial charge on any atom is 0.246 e. The standard InChI is InChI=1S/C16H28N2O3/c1-5-8-10-21-11-9-18-13(7-3)15(19)17-14(16(18)20)12(4)6-2/h5,12-14H,1,6-11H2,2-4H3,(H,17,19). The molecule has 1 heterocycles. The minimum atomic E-state index is -0.404. The van der Waals surface area contributed by atoms with Crippen molar-refractivity contribution < 1.29 is 14.3 Å². The van der Waals surface area contributed by atoms with Crippen molar-refractivity contribution in [3.8, 4) is 0 Å². The van der Waals surface area contributed by atoms with Crippen LogP contribution < -0.4 is 5.32 Å². The predicted molar refractivity (Wildman–Crippen MR) is 82.8 cm³/mol. The third-order valence-corrected chi connectivity index (χ3v) is 4.07. The molecular weight excluding hydrogens is 268 g/mol. The zero-order valence-electron chi connectivity index (χ0n) is 13.4. The van der Waals surface area contributed by atoms with Crippen LogP contribution in [0.4, 0.5) is 0 Å². The lowest BCUT2D eigenvalue weighted by Gasteiger charge is -2.40. The Labute approximate surface area is 127 Å². The van der Waals surface area contributed by atoms with Gasteiger partial charge in [0.15, 0.2) is 0 Å². The molecule has 1 aliphatic heterocycles. The van der Waals surface area contributed by atoms with E-state index >= 15 is 0 Å². The van der Waals surface area contributed by atoms with Crippen molar-refractivity contribution in [1.82, 2.24) is 10.2 Å². The van der Waals surface area contributed by atoms with E-state index in [2.05, 4.69) is 11.9 Å². The molecule has 3 atom stereocenters. The number of hydrogen-bond donors (Lipinski definition) is 1. The highest BCUT2D eigenvalue weighted by molar-refractivity contribution is 5.97. The summed E-state index contributed by atoms with van der Waals surface area (Å²) in [5, 5.41) is 2.87. The number of carbonyl (C=O) groups is 2. The van der Waals surface area contributed by atoms with E-state index in [0.29, 0.717) is 26.2 Å². The number of rotatable bonds is 9. The van der Waals surface area contributed by atoms with Crippen molar-refractivity contribution in [2.24, 2.45) is 5.92 Å². The molecule has 21 heavy (non-hydrogen) atoms. The van der Waals surface area contributed by atoms with Crippen molar-refractivity contribution in [3.63, 3.8) is 0 Å². The Balaban J connectivity index is 2.67. The van der Waals surface area contributed by atoms with Crippen molar-refractivity contribution in [2.45, 2.75) is 52.1 Å². The molecule has 0 aromatic heterocycles. The van der Waals surface area contributed by atoms with Crippen molar-refractivity contribution in [2.75, 3.05) is 19.8 Å². The molecule has 0 aromatic rings. The van der Waals surface area contributed by atoms with Gasteiger partial charge in [-0.05, 0) is 18.8 Å². The number of hydrogen-bond acceptors (Lipinski definition) is 3. The fourth-order valence-corrected chi connectivity index (χ4v) is 2.51. The Morgan fingerprint density at radius 1 is 1.38 bits per heavy atom. The lowest BCUT2D eigenvalue weighted by atomic mass is 9.93. The van der Waals surface area contributed by atoms with Gasteiger partial charge >= 0.3 is 0 Å². The van der Waals surface area contributed by atoms with Crippen LogP contribution in [0.2, 0.25) is 0 Å². The third kappa shape index (κ3) is 4.56. The SMILES string of the molecule is C=CCCOCCN1C(=O)C(C(C)CC)NC(=O)C1CC. The molecule has 5 heteroatoms. The van der Waals surface area contributed by atoms with Crippen LogP contribution in [-0.4, -0.2) is 48.6 Å². The van der Waals surface area contributed by atoms with Gasteiger partial charge in [0.2, 0.25) is 11.8 Å². The Bertz CT molecular complexity index is 371. The van der Waals surface area contributed by atoms with Crippen LogP contribution in [0.3, 0.4) is 0 Å². The Hall–Kier alpha value is -1.36. The van der Waals surface area contributed by atoms with Gasteiger partial charge in [0.1, 0.15) is 12.1 Å². The van der Waals surface area contributed by atoms with Gasteiger partial charge in [-0.25, -0.2) is 0 Å². The molecule has 0 aromatic carbocycles. The van der Waals surface area contributed by atoms with Crippen molar-refractivity contribution >= 4 is 11.8 Å².